The van der Waals surface area contributed by atoms with Crippen LogP contribution in [-0.2, 0) is 11.0 Å². The topological polar surface area (TPSA) is 17.1 Å². The lowest BCUT2D eigenvalue weighted by Gasteiger charge is -2.06. The van der Waals surface area contributed by atoms with Crippen LogP contribution in [0.3, 0.4) is 0 Å². The first kappa shape index (κ1) is 13.8. The number of hydrogen-bond donors (Lipinski definition) is 0. The Kier molecular flexibility index (Phi) is 4.34. The molecule has 0 aliphatic rings. The summed E-state index contributed by atoms with van der Waals surface area (Å²) in [4.78, 5) is 11.1. The quantitative estimate of drug-likeness (QED) is 0.596. The minimum Gasteiger partial charge on any atom is -0.295 e. The summed E-state index contributed by atoms with van der Waals surface area (Å²) in [6, 6.07) is 4.55. The predicted molar refractivity (Wildman–Crippen MR) is 60.8 cm³/mol. The van der Waals surface area contributed by atoms with Gasteiger partial charge >= 0.3 is 6.18 Å². The van der Waals surface area contributed by atoms with E-state index in [9.17, 15) is 18.0 Å². The number of carbonyl (C=O) groups excluding carboxylic acids is 1. The van der Waals surface area contributed by atoms with E-state index in [4.69, 9.17) is 11.6 Å². The Balaban J connectivity index is 3.00. The predicted octanol–water partition coefficient (Wildman–Crippen LogP) is 3.92. The summed E-state index contributed by atoms with van der Waals surface area (Å²) in [5.74, 6) is -0.156. The molecule has 0 spiro atoms. The normalized spacial score (nSPS) is 12.6. The van der Waals surface area contributed by atoms with E-state index in [0.717, 1.165) is 12.1 Å². The van der Waals surface area contributed by atoms with E-state index < -0.39 is 11.7 Å². The molecule has 17 heavy (non-hydrogen) atoms. The molecule has 0 aromatic heterocycles. The third-order valence-electron chi connectivity index (χ3n) is 2.18. The van der Waals surface area contributed by atoms with Crippen LogP contribution in [0.5, 0.6) is 0 Å². The third kappa shape index (κ3) is 3.89. The zero-order valence-corrected chi connectivity index (χ0v) is 9.77. The van der Waals surface area contributed by atoms with E-state index in [1.807, 2.05) is 0 Å². The number of benzene rings is 1. The Morgan fingerprint density at radius 3 is 2.18 bits per heavy atom. The van der Waals surface area contributed by atoms with Crippen molar-refractivity contribution in [2.75, 3.05) is 5.88 Å². The molecule has 0 amide bonds. The van der Waals surface area contributed by atoms with Gasteiger partial charge < -0.3 is 0 Å². The molecule has 0 atom stereocenters. The fourth-order valence-electron chi connectivity index (χ4n) is 1.20. The van der Waals surface area contributed by atoms with Gasteiger partial charge in [0.15, 0.2) is 5.78 Å². The zero-order valence-electron chi connectivity index (χ0n) is 9.01. The van der Waals surface area contributed by atoms with Crippen molar-refractivity contribution in [3.63, 3.8) is 0 Å². The number of alkyl halides is 4. The van der Waals surface area contributed by atoms with Crippen LogP contribution >= 0.6 is 11.6 Å². The third-order valence-corrected chi connectivity index (χ3v) is 2.46. The highest BCUT2D eigenvalue weighted by Gasteiger charge is 2.29. The van der Waals surface area contributed by atoms with E-state index in [0.29, 0.717) is 11.1 Å². The van der Waals surface area contributed by atoms with Gasteiger partial charge in [0.2, 0.25) is 0 Å². The van der Waals surface area contributed by atoms with Gasteiger partial charge in [-0.2, -0.15) is 13.2 Å². The largest absolute Gasteiger partial charge is 0.416 e. The molecule has 1 aromatic rings. The van der Waals surface area contributed by atoms with Crippen LogP contribution < -0.4 is 0 Å². The van der Waals surface area contributed by atoms with Gasteiger partial charge in [-0.05, 0) is 30.7 Å². The fraction of sp³-hybridized carbons (Fsp3) is 0.250. The average molecular weight is 263 g/mol. The molecule has 92 valence electrons. The summed E-state index contributed by atoms with van der Waals surface area (Å²) in [6.07, 6.45) is -2.87. The van der Waals surface area contributed by atoms with Crippen LogP contribution in [0.15, 0.2) is 29.8 Å². The van der Waals surface area contributed by atoms with Crippen LogP contribution in [0.25, 0.3) is 6.08 Å². The number of rotatable bonds is 3. The fourth-order valence-corrected chi connectivity index (χ4v) is 1.47. The van der Waals surface area contributed by atoms with Crippen molar-refractivity contribution in [1.29, 1.82) is 0 Å². The highest BCUT2D eigenvalue weighted by atomic mass is 35.5. The van der Waals surface area contributed by atoms with Gasteiger partial charge in [0.1, 0.15) is 0 Å². The van der Waals surface area contributed by atoms with E-state index in [1.54, 1.807) is 0 Å². The van der Waals surface area contributed by atoms with Crippen LogP contribution in [-0.4, -0.2) is 11.7 Å². The first-order valence-corrected chi connectivity index (χ1v) is 5.33. The van der Waals surface area contributed by atoms with Crippen molar-refractivity contribution >= 4 is 23.5 Å². The van der Waals surface area contributed by atoms with Gasteiger partial charge in [0.25, 0.3) is 0 Å². The number of allylic oxidation sites excluding steroid dienone is 1. The summed E-state index contributed by atoms with van der Waals surface area (Å²) >= 11 is 5.55. The lowest BCUT2D eigenvalue weighted by molar-refractivity contribution is -0.137. The second-order valence-corrected chi connectivity index (χ2v) is 3.75. The molecule has 0 saturated heterocycles. The lowest BCUT2D eigenvalue weighted by atomic mass is 10.1. The van der Waals surface area contributed by atoms with Gasteiger partial charge in [-0.15, -0.1) is 11.6 Å². The van der Waals surface area contributed by atoms with Gasteiger partial charge in [-0.1, -0.05) is 12.1 Å². The number of halogens is 4. The highest BCUT2D eigenvalue weighted by molar-refractivity contribution is 6.23. The molecule has 0 saturated carbocycles. The maximum atomic E-state index is 12.3. The van der Waals surface area contributed by atoms with Crippen LogP contribution in [0.4, 0.5) is 13.2 Å². The second kappa shape index (κ2) is 5.36. The van der Waals surface area contributed by atoms with Crippen molar-refractivity contribution in [3.05, 3.63) is 41.0 Å². The minimum atomic E-state index is -4.35. The summed E-state index contributed by atoms with van der Waals surface area (Å²) in [7, 11) is 0. The van der Waals surface area contributed by atoms with E-state index in [1.165, 1.54) is 25.1 Å². The Morgan fingerprint density at radius 1 is 1.29 bits per heavy atom. The number of ketones is 1. The average Bonchev–Trinajstić information content (AvgIpc) is 2.25. The van der Waals surface area contributed by atoms with Crippen molar-refractivity contribution in [3.8, 4) is 0 Å². The Labute approximate surface area is 102 Å². The number of hydrogen-bond acceptors (Lipinski definition) is 1. The Morgan fingerprint density at radius 2 is 1.82 bits per heavy atom. The van der Waals surface area contributed by atoms with Crippen LogP contribution in [0.2, 0.25) is 0 Å². The van der Waals surface area contributed by atoms with Gasteiger partial charge in [0, 0.05) is 5.57 Å². The smallest absolute Gasteiger partial charge is 0.295 e. The molecule has 0 radical (unpaired) electrons. The molecule has 5 heteroatoms. The summed E-state index contributed by atoms with van der Waals surface area (Å²) in [5, 5.41) is 0. The van der Waals surface area contributed by atoms with E-state index >= 15 is 0 Å². The Hall–Kier alpha value is -1.29. The standard InChI is InChI=1S/C12H10ClF3O/c1-8(17)10(7-13)6-9-2-4-11(5-3-9)12(14,15)16/h2-6H,7H2,1H3/b10-6-. The van der Waals surface area contributed by atoms with Crippen LogP contribution in [0.1, 0.15) is 18.1 Å². The van der Waals surface area contributed by atoms with Crippen LogP contribution in [0, 0.1) is 0 Å². The van der Waals surface area contributed by atoms with Crippen molar-refractivity contribution < 1.29 is 18.0 Å². The van der Waals surface area contributed by atoms with Gasteiger partial charge in [0.05, 0.1) is 11.4 Å². The molecule has 1 aromatic carbocycles. The van der Waals surface area contributed by atoms with E-state index in [2.05, 4.69) is 0 Å². The molecule has 0 N–H and O–H groups in total. The van der Waals surface area contributed by atoms with Gasteiger partial charge in [-0.3, -0.25) is 4.79 Å². The molecular weight excluding hydrogens is 253 g/mol. The molecule has 0 bridgehead atoms. The maximum Gasteiger partial charge on any atom is 0.416 e. The molecule has 0 unspecified atom stereocenters. The summed E-state index contributed by atoms with van der Waals surface area (Å²) in [6.45, 7) is 1.36. The molecule has 1 nitrogen and oxygen atoms in total. The van der Waals surface area contributed by atoms with Crippen molar-refractivity contribution in [1.82, 2.24) is 0 Å². The molecule has 0 aliphatic carbocycles. The van der Waals surface area contributed by atoms with E-state index in [-0.39, 0.29) is 11.7 Å². The zero-order chi connectivity index (χ0) is 13.1. The maximum absolute atomic E-state index is 12.3. The second-order valence-electron chi connectivity index (χ2n) is 3.48. The highest BCUT2D eigenvalue weighted by Crippen LogP contribution is 2.29. The first-order chi connectivity index (χ1) is 7.84. The first-order valence-electron chi connectivity index (χ1n) is 4.79. The van der Waals surface area contributed by atoms with Crippen molar-refractivity contribution in [2.24, 2.45) is 0 Å². The molecular formula is C12H10ClF3O. The van der Waals surface area contributed by atoms with Crippen molar-refractivity contribution in [2.45, 2.75) is 13.1 Å². The number of carbonyl (C=O) groups is 1. The lowest BCUT2D eigenvalue weighted by Crippen LogP contribution is -2.04. The molecule has 0 fully saturated rings. The van der Waals surface area contributed by atoms with Gasteiger partial charge in [-0.25, -0.2) is 0 Å². The SMILES string of the molecule is CC(=O)/C(=C\c1ccc(C(F)(F)F)cc1)CCl. The molecule has 0 aliphatic heterocycles. The minimum absolute atomic E-state index is 0.0381. The monoisotopic (exact) mass is 262 g/mol. The Bertz CT molecular complexity index is 432. The summed E-state index contributed by atoms with van der Waals surface area (Å²) < 4.78 is 36.9. The number of Topliss-reactive ketones (excluding diaryl/α,β-unsaturated/α-hetero) is 1. The summed E-state index contributed by atoms with van der Waals surface area (Å²) in [5.41, 5.74) is 0.167. The molecule has 1 rings (SSSR count). The molecule has 0 heterocycles.